The number of benzene rings is 1. The maximum Gasteiger partial charge on any atom is 0.523 e. The van der Waals surface area contributed by atoms with Crippen LogP contribution in [0.2, 0.25) is 0 Å². The van der Waals surface area contributed by atoms with Gasteiger partial charge in [0, 0.05) is 6.42 Å². The number of hydrogen-bond donors (Lipinski definition) is 1. The lowest BCUT2D eigenvalue weighted by Gasteiger charge is -2.22. The van der Waals surface area contributed by atoms with Gasteiger partial charge in [0.25, 0.3) is 0 Å². The van der Waals surface area contributed by atoms with Gasteiger partial charge in [0.1, 0.15) is 5.60 Å². The molecule has 1 aliphatic rings. The van der Waals surface area contributed by atoms with Crippen molar-refractivity contribution in [3.05, 3.63) is 35.9 Å². The van der Waals surface area contributed by atoms with Gasteiger partial charge in [-0.05, 0) is 5.56 Å². The first-order valence-electron chi connectivity index (χ1n) is 4.96. The fourth-order valence-electron chi connectivity index (χ4n) is 1.96. The van der Waals surface area contributed by atoms with Crippen molar-refractivity contribution in [3.63, 3.8) is 0 Å². The van der Waals surface area contributed by atoms with Crippen molar-refractivity contribution in [2.45, 2.75) is 21.8 Å². The highest BCUT2D eigenvalue weighted by molar-refractivity contribution is 14.1. The van der Waals surface area contributed by atoms with E-state index >= 15 is 0 Å². The van der Waals surface area contributed by atoms with Crippen molar-refractivity contribution in [1.29, 1.82) is 0 Å². The molecule has 1 aliphatic carbocycles. The molecule has 7 heteroatoms. The average molecular weight is 372 g/mol. The summed E-state index contributed by atoms with van der Waals surface area (Å²) < 4.78 is 39.9. The van der Waals surface area contributed by atoms with Crippen molar-refractivity contribution >= 4 is 28.6 Å². The second kappa shape index (κ2) is 4.09. The molecule has 0 amide bonds. The predicted molar refractivity (Wildman–Crippen MR) is 64.3 cm³/mol. The summed E-state index contributed by atoms with van der Waals surface area (Å²) in [6, 6.07) is 7.62. The number of carboxylic acid groups (broad SMARTS) is 1. The fraction of sp³-hybridized carbons (Fsp3) is 0.364. The van der Waals surface area contributed by atoms with Gasteiger partial charge < -0.3 is 5.11 Å². The Balaban J connectivity index is 2.42. The van der Waals surface area contributed by atoms with Crippen LogP contribution in [0.1, 0.15) is 12.0 Å². The number of hydrogen-bond acceptors (Lipinski definition) is 2. The van der Waals surface area contributed by atoms with E-state index in [4.69, 9.17) is 5.11 Å². The molecule has 0 radical (unpaired) electrons. The lowest BCUT2D eigenvalue weighted by molar-refractivity contribution is -0.353. The Bertz CT molecular complexity index is 476. The number of halogens is 4. The van der Waals surface area contributed by atoms with Gasteiger partial charge in [-0.25, -0.2) is 0 Å². The molecular weight excluding hydrogens is 364 g/mol. The molecule has 1 aromatic carbocycles. The number of carbonyl (C=O) groups is 1. The molecule has 0 aromatic heterocycles. The summed E-state index contributed by atoms with van der Waals surface area (Å²) >= 11 is 1.51. The molecule has 98 valence electrons. The highest BCUT2D eigenvalue weighted by atomic mass is 127. The second-order valence-corrected chi connectivity index (χ2v) is 5.87. The first-order chi connectivity index (χ1) is 8.21. The minimum atomic E-state index is -4.88. The summed E-state index contributed by atoms with van der Waals surface area (Å²) in [7, 11) is 0. The van der Waals surface area contributed by atoms with E-state index in [1.165, 1.54) is 34.7 Å². The van der Waals surface area contributed by atoms with Crippen LogP contribution < -0.4 is 0 Å². The molecule has 2 atom stereocenters. The SMILES string of the molecule is O=C(O)C1(I)CC1(OC(F)(F)F)c1ccccc1. The van der Waals surface area contributed by atoms with Gasteiger partial charge in [0.15, 0.2) is 3.42 Å². The van der Waals surface area contributed by atoms with E-state index in [2.05, 4.69) is 4.74 Å². The number of carboxylic acids is 1. The van der Waals surface area contributed by atoms with Crippen LogP contribution in [0.4, 0.5) is 13.2 Å². The second-order valence-electron chi connectivity index (χ2n) is 4.02. The van der Waals surface area contributed by atoms with Gasteiger partial charge in [-0.15, -0.1) is 13.2 Å². The van der Waals surface area contributed by atoms with E-state index in [1.807, 2.05) is 0 Å². The summed E-state index contributed by atoms with van der Waals surface area (Å²) in [4.78, 5) is 11.1. The molecule has 2 unspecified atom stereocenters. The summed E-state index contributed by atoms with van der Waals surface area (Å²) in [5.41, 5.74) is -1.61. The van der Waals surface area contributed by atoms with E-state index in [0.29, 0.717) is 0 Å². The smallest absolute Gasteiger partial charge is 0.480 e. The Morgan fingerprint density at radius 3 is 2.28 bits per heavy atom. The number of alkyl halides is 4. The molecule has 3 nitrogen and oxygen atoms in total. The number of rotatable bonds is 3. The van der Waals surface area contributed by atoms with Gasteiger partial charge in [0.2, 0.25) is 0 Å². The van der Waals surface area contributed by atoms with Gasteiger partial charge in [-0.2, -0.15) is 0 Å². The zero-order valence-corrected chi connectivity index (χ0v) is 11.0. The zero-order chi connectivity index (χ0) is 13.6. The van der Waals surface area contributed by atoms with Crippen LogP contribution in [0.15, 0.2) is 30.3 Å². The van der Waals surface area contributed by atoms with Crippen molar-refractivity contribution < 1.29 is 27.8 Å². The van der Waals surface area contributed by atoms with E-state index < -0.39 is 21.4 Å². The standard InChI is InChI=1S/C11H8F3IO3/c12-11(13,14)18-10(6-9(10,15)8(16)17)7-4-2-1-3-5-7/h1-5H,6H2,(H,16,17). The largest absolute Gasteiger partial charge is 0.523 e. The van der Waals surface area contributed by atoms with Crippen molar-refractivity contribution in [3.8, 4) is 0 Å². The van der Waals surface area contributed by atoms with Crippen LogP contribution in [-0.2, 0) is 15.1 Å². The minimum absolute atomic E-state index is 0.209. The van der Waals surface area contributed by atoms with Crippen LogP contribution in [0.5, 0.6) is 0 Å². The van der Waals surface area contributed by atoms with E-state index in [9.17, 15) is 18.0 Å². The first-order valence-corrected chi connectivity index (χ1v) is 6.04. The Morgan fingerprint density at radius 1 is 1.33 bits per heavy atom. The van der Waals surface area contributed by atoms with E-state index in [-0.39, 0.29) is 12.0 Å². The van der Waals surface area contributed by atoms with Gasteiger partial charge in [-0.1, -0.05) is 52.9 Å². The fourth-order valence-corrected chi connectivity index (χ4v) is 2.92. The third kappa shape index (κ3) is 2.09. The highest BCUT2D eigenvalue weighted by Gasteiger charge is 2.76. The summed E-state index contributed by atoms with van der Waals surface area (Å²) in [6.45, 7) is 0. The van der Waals surface area contributed by atoms with Crippen LogP contribution >= 0.6 is 22.6 Å². The third-order valence-corrected chi connectivity index (χ3v) is 4.59. The average Bonchev–Trinajstić information content (AvgIpc) is 2.85. The molecular formula is C11H8F3IO3. The van der Waals surface area contributed by atoms with Crippen LogP contribution in [0.25, 0.3) is 0 Å². The Hall–Kier alpha value is -0.830. The first kappa shape index (κ1) is 13.6. The molecule has 2 rings (SSSR count). The van der Waals surface area contributed by atoms with E-state index in [0.717, 1.165) is 0 Å². The topological polar surface area (TPSA) is 46.5 Å². The molecule has 1 fully saturated rings. The molecule has 0 spiro atoms. The van der Waals surface area contributed by atoms with Crippen molar-refractivity contribution in [2.24, 2.45) is 0 Å². The maximum atomic E-state index is 12.5. The monoisotopic (exact) mass is 372 g/mol. The molecule has 1 N–H and O–H groups in total. The number of aliphatic carboxylic acids is 1. The van der Waals surface area contributed by atoms with Gasteiger partial charge in [0.05, 0.1) is 0 Å². The normalized spacial score (nSPS) is 31.1. The quantitative estimate of drug-likeness (QED) is 0.656. The zero-order valence-electron chi connectivity index (χ0n) is 8.87. The van der Waals surface area contributed by atoms with Crippen LogP contribution in [-0.4, -0.2) is 20.9 Å². The third-order valence-electron chi connectivity index (χ3n) is 2.88. The molecule has 1 saturated carbocycles. The Kier molecular flexibility index (Phi) is 3.09. The van der Waals surface area contributed by atoms with Crippen molar-refractivity contribution in [1.82, 2.24) is 0 Å². The summed E-state index contributed by atoms with van der Waals surface area (Å²) in [5, 5.41) is 9.05. The van der Waals surface area contributed by atoms with Crippen molar-refractivity contribution in [2.75, 3.05) is 0 Å². The summed E-state index contributed by atoms with van der Waals surface area (Å²) in [6.07, 6.45) is -5.09. The predicted octanol–water partition coefficient (Wildman–Crippen LogP) is 3.08. The molecule has 1 aromatic rings. The van der Waals surface area contributed by atoms with E-state index in [1.54, 1.807) is 18.2 Å². The maximum absolute atomic E-state index is 12.5. The van der Waals surface area contributed by atoms with Crippen LogP contribution in [0, 0.1) is 0 Å². The van der Waals surface area contributed by atoms with Crippen LogP contribution in [0.3, 0.4) is 0 Å². The molecule has 18 heavy (non-hydrogen) atoms. The Morgan fingerprint density at radius 2 is 1.89 bits per heavy atom. The van der Waals surface area contributed by atoms with Gasteiger partial charge in [-0.3, -0.25) is 9.53 Å². The molecule has 0 aliphatic heterocycles. The lowest BCUT2D eigenvalue weighted by Crippen LogP contribution is -2.33. The summed E-state index contributed by atoms with van der Waals surface area (Å²) in [5.74, 6) is -1.31. The molecule has 0 heterocycles. The van der Waals surface area contributed by atoms with Gasteiger partial charge >= 0.3 is 12.3 Å². The lowest BCUT2D eigenvalue weighted by atomic mass is 10.1. The Labute approximate surface area is 114 Å². The molecule has 0 bridgehead atoms. The highest BCUT2D eigenvalue weighted by Crippen LogP contribution is 2.66. The molecule has 0 saturated heterocycles. The number of ether oxygens (including phenoxy) is 1. The minimum Gasteiger partial charge on any atom is -0.480 e.